The van der Waals surface area contributed by atoms with Gasteiger partial charge in [0.15, 0.2) is 0 Å². The van der Waals surface area contributed by atoms with Crippen molar-refractivity contribution in [2.24, 2.45) is 0 Å². The summed E-state index contributed by atoms with van der Waals surface area (Å²) >= 11 is 1.62. The lowest BCUT2D eigenvalue weighted by Crippen LogP contribution is -2.49. The molecule has 0 unspecified atom stereocenters. The second-order valence-corrected chi connectivity index (χ2v) is 10.5. The number of carbonyl (C=O) groups excluding carboxylic acids is 3. The van der Waals surface area contributed by atoms with Gasteiger partial charge >= 0.3 is 12.0 Å². The van der Waals surface area contributed by atoms with Crippen LogP contribution in [0, 0.1) is 0 Å². The van der Waals surface area contributed by atoms with Crippen LogP contribution in [-0.4, -0.2) is 46.9 Å². The molecule has 2 aromatic carbocycles. The summed E-state index contributed by atoms with van der Waals surface area (Å²) in [5.74, 6) is -0.482. The molecule has 0 atom stereocenters. The Morgan fingerprint density at radius 3 is 2.32 bits per heavy atom. The van der Waals surface area contributed by atoms with E-state index in [1.165, 1.54) is 0 Å². The Hall–Kier alpha value is -3.65. The average molecular weight is 534 g/mol. The van der Waals surface area contributed by atoms with E-state index in [1.54, 1.807) is 47.4 Å². The van der Waals surface area contributed by atoms with Gasteiger partial charge in [-0.25, -0.2) is 9.59 Å². The van der Waals surface area contributed by atoms with Crippen molar-refractivity contribution in [2.45, 2.75) is 58.2 Å². The SMILES string of the molecule is CCOC(=O)c1ccc(NC(=O)N(CC(=O)N(Cc2ccccc2)Cc2cccs2)C2CCCCC2)cc1. The average Bonchev–Trinajstić information content (AvgIpc) is 3.46. The highest BCUT2D eigenvalue weighted by Crippen LogP contribution is 2.24. The van der Waals surface area contributed by atoms with Gasteiger partial charge in [0.1, 0.15) is 6.54 Å². The summed E-state index contributed by atoms with van der Waals surface area (Å²) in [6.07, 6.45) is 4.99. The van der Waals surface area contributed by atoms with Gasteiger partial charge in [-0.15, -0.1) is 11.3 Å². The molecule has 1 heterocycles. The summed E-state index contributed by atoms with van der Waals surface area (Å²) < 4.78 is 5.04. The molecule has 8 heteroatoms. The Balaban J connectivity index is 1.50. The van der Waals surface area contributed by atoms with Gasteiger partial charge in [-0.3, -0.25) is 4.79 Å². The molecule has 7 nitrogen and oxygen atoms in total. The van der Waals surface area contributed by atoms with Crippen molar-refractivity contribution in [1.29, 1.82) is 0 Å². The van der Waals surface area contributed by atoms with Crippen LogP contribution in [0.2, 0.25) is 0 Å². The number of benzene rings is 2. The number of nitrogens with zero attached hydrogens (tertiary/aromatic N) is 2. The van der Waals surface area contributed by atoms with Crippen LogP contribution in [0.5, 0.6) is 0 Å². The summed E-state index contributed by atoms with van der Waals surface area (Å²) in [6.45, 7) is 3.05. The topological polar surface area (TPSA) is 79.0 Å². The van der Waals surface area contributed by atoms with Gasteiger partial charge in [0.2, 0.25) is 5.91 Å². The number of hydrogen-bond acceptors (Lipinski definition) is 5. The largest absolute Gasteiger partial charge is 0.462 e. The van der Waals surface area contributed by atoms with E-state index in [0.717, 1.165) is 42.5 Å². The zero-order valence-electron chi connectivity index (χ0n) is 21.8. The maximum absolute atomic E-state index is 13.7. The van der Waals surface area contributed by atoms with E-state index >= 15 is 0 Å². The standard InChI is InChI=1S/C30H35N3O4S/c1-2-37-29(35)24-15-17-25(18-16-24)31-30(36)33(26-12-7-4-8-13-26)22-28(34)32(21-27-14-9-19-38-27)20-23-10-5-3-6-11-23/h3,5-6,9-11,14-19,26H,2,4,7-8,12-13,20-22H2,1H3,(H,31,36). The van der Waals surface area contributed by atoms with Crippen molar-refractivity contribution in [3.8, 4) is 0 Å². The minimum absolute atomic E-state index is 0.00631. The molecule has 0 radical (unpaired) electrons. The van der Waals surface area contributed by atoms with E-state index in [1.807, 2.05) is 52.7 Å². The van der Waals surface area contributed by atoms with Crippen molar-refractivity contribution in [3.63, 3.8) is 0 Å². The molecule has 1 aliphatic rings. The molecule has 3 amide bonds. The van der Waals surface area contributed by atoms with E-state index in [2.05, 4.69) is 5.32 Å². The van der Waals surface area contributed by atoms with Crippen LogP contribution in [0.15, 0.2) is 72.1 Å². The molecule has 1 aromatic heterocycles. The normalized spacial score (nSPS) is 13.5. The first kappa shape index (κ1) is 27.4. The number of esters is 1. The lowest BCUT2D eigenvalue weighted by atomic mass is 9.94. The van der Waals surface area contributed by atoms with Gasteiger partial charge in [0.25, 0.3) is 0 Å². The highest BCUT2D eigenvalue weighted by Gasteiger charge is 2.29. The molecule has 0 saturated heterocycles. The van der Waals surface area contributed by atoms with E-state index in [-0.39, 0.29) is 24.5 Å². The smallest absolute Gasteiger partial charge is 0.338 e. The fourth-order valence-corrected chi connectivity index (χ4v) is 5.45. The fraction of sp³-hybridized carbons (Fsp3) is 0.367. The van der Waals surface area contributed by atoms with Gasteiger partial charge in [0.05, 0.1) is 18.7 Å². The van der Waals surface area contributed by atoms with E-state index in [4.69, 9.17) is 4.74 Å². The molecule has 1 N–H and O–H groups in total. The zero-order valence-corrected chi connectivity index (χ0v) is 22.6. The molecule has 1 fully saturated rings. The van der Waals surface area contributed by atoms with Crippen LogP contribution in [0.3, 0.4) is 0 Å². The zero-order chi connectivity index (χ0) is 26.7. The minimum atomic E-state index is -0.399. The van der Waals surface area contributed by atoms with Gasteiger partial charge in [0, 0.05) is 23.2 Å². The van der Waals surface area contributed by atoms with Crippen LogP contribution in [0.1, 0.15) is 59.8 Å². The first-order valence-corrected chi connectivity index (χ1v) is 14.1. The van der Waals surface area contributed by atoms with Crippen LogP contribution in [0.4, 0.5) is 10.5 Å². The van der Waals surface area contributed by atoms with Crippen molar-refractivity contribution in [1.82, 2.24) is 9.80 Å². The monoisotopic (exact) mass is 533 g/mol. The van der Waals surface area contributed by atoms with Crippen molar-refractivity contribution in [3.05, 3.63) is 88.1 Å². The predicted octanol–water partition coefficient (Wildman–Crippen LogP) is 6.32. The molecule has 200 valence electrons. The number of carbonyl (C=O) groups is 3. The van der Waals surface area contributed by atoms with Gasteiger partial charge in [-0.05, 0) is 61.0 Å². The van der Waals surface area contributed by atoms with Crippen molar-refractivity contribution >= 4 is 34.9 Å². The third-order valence-corrected chi connectivity index (χ3v) is 7.59. The molecular formula is C30H35N3O4S. The molecule has 0 spiro atoms. The Labute approximate surface area is 228 Å². The molecule has 3 aromatic rings. The molecule has 0 bridgehead atoms. The molecule has 38 heavy (non-hydrogen) atoms. The first-order valence-electron chi connectivity index (χ1n) is 13.2. The second-order valence-electron chi connectivity index (χ2n) is 9.46. The maximum Gasteiger partial charge on any atom is 0.338 e. The molecule has 1 aliphatic carbocycles. The molecule has 1 saturated carbocycles. The number of ether oxygens (including phenoxy) is 1. The Bertz CT molecular complexity index is 1180. The van der Waals surface area contributed by atoms with E-state index in [0.29, 0.717) is 30.9 Å². The summed E-state index contributed by atoms with van der Waals surface area (Å²) in [7, 11) is 0. The number of urea groups is 1. The quantitative estimate of drug-likeness (QED) is 0.309. The fourth-order valence-electron chi connectivity index (χ4n) is 4.73. The van der Waals surface area contributed by atoms with Gasteiger partial charge in [-0.1, -0.05) is 55.7 Å². The number of nitrogens with one attached hydrogen (secondary N) is 1. The second kappa shape index (κ2) is 13.8. The Kier molecular flexibility index (Phi) is 9.92. The van der Waals surface area contributed by atoms with Crippen LogP contribution < -0.4 is 5.32 Å². The van der Waals surface area contributed by atoms with E-state index < -0.39 is 5.97 Å². The minimum Gasteiger partial charge on any atom is -0.462 e. The highest BCUT2D eigenvalue weighted by atomic mass is 32.1. The lowest BCUT2D eigenvalue weighted by Gasteiger charge is -2.35. The van der Waals surface area contributed by atoms with E-state index in [9.17, 15) is 14.4 Å². The summed E-state index contributed by atoms with van der Waals surface area (Å²) in [5.41, 5.74) is 2.04. The van der Waals surface area contributed by atoms with Crippen LogP contribution in [-0.2, 0) is 22.6 Å². The third kappa shape index (κ3) is 7.68. The number of thiophene rings is 1. The number of amides is 3. The van der Waals surface area contributed by atoms with Crippen molar-refractivity contribution in [2.75, 3.05) is 18.5 Å². The Morgan fingerprint density at radius 1 is 0.921 bits per heavy atom. The molecule has 0 aliphatic heterocycles. The lowest BCUT2D eigenvalue weighted by molar-refractivity contribution is -0.133. The summed E-state index contributed by atoms with van der Waals surface area (Å²) in [6, 6.07) is 20.3. The highest BCUT2D eigenvalue weighted by molar-refractivity contribution is 7.09. The molecule has 4 rings (SSSR count). The van der Waals surface area contributed by atoms with Gasteiger partial charge < -0.3 is 19.9 Å². The van der Waals surface area contributed by atoms with Gasteiger partial charge in [-0.2, -0.15) is 0 Å². The summed E-state index contributed by atoms with van der Waals surface area (Å²) in [5, 5.41) is 4.95. The predicted molar refractivity (Wildman–Crippen MR) is 150 cm³/mol. The number of hydrogen-bond donors (Lipinski definition) is 1. The summed E-state index contributed by atoms with van der Waals surface area (Å²) in [4.78, 5) is 43.8. The van der Waals surface area contributed by atoms with Crippen molar-refractivity contribution < 1.29 is 19.1 Å². The maximum atomic E-state index is 13.7. The first-order chi connectivity index (χ1) is 18.5. The number of rotatable bonds is 10. The molecular weight excluding hydrogens is 498 g/mol. The third-order valence-electron chi connectivity index (χ3n) is 6.73. The van der Waals surface area contributed by atoms with Crippen LogP contribution >= 0.6 is 11.3 Å². The van der Waals surface area contributed by atoms with Crippen LogP contribution in [0.25, 0.3) is 0 Å². The Morgan fingerprint density at radius 2 is 1.66 bits per heavy atom. The number of anilines is 1.